The molecule has 0 spiro atoms. The van der Waals surface area contributed by atoms with Crippen molar-refractivity contribution in [2.24, 2.45) is 0 Å². The molecule has 1 aromatic carbocycles. The van der Waals surface area contributed by atoms with E-state index in [1.165, 1.54) is 0 Å². The summed E-state index contributed by atoms with van der Waals surface area (Å²) < 4.78 is 16.9. The van der Waals surface area contributed by atoms with E-state index in [0.717, 1.165) is 24.2 Å². The minimum Gasteiger partial charge on any atom is -0.497 e. The molecule has 0 aliphatic heterocycles. The maximum atomic E-state index is 10.1. The molecule has 5 nitrogen and oxygen atoms in total. The quantitative estimate of drug-likeness (QED) is 0.241. The summed E-state index contributed by atoms with van der Waals surface area (Å²) in [6.45, 7) is 12.5. The first-order valence-corrected chi connectivity index (χ1v) is 13.8. The molecule has 0 aliphatic rings. The average molecular weight is 439 g/mol. The summed E-state index contributed by atoms with van der Waals surface area (Å²) in [4.78, 5) is 0. The third-order valence-corrected chi connectivity index (χ3v) is 10.2. The smallest absolute Gasteiger partial charge is 0.192 e. The van der Waals surface area contributed by atoms with Crippen LogP contribution < -0.4 is 4.74 Å². The summed E-state index contributed by atoms with van der Waals surface area (Å²) >= 11 is 0. The van der Waals surface area contributed by atoms with Crippen LogP contribution in [0.3, 0.4) is 0 Å². The first-order valence-electron chi connectivity index (χ1n) is 10.9. The van der Waals surface area contributed by atoms with Crippen molar-refractivity contribution in [3.63, 3.8) is 0 Å². The second kappa shape index (κ2) is 13.3. The molecule has 0 amide bonds. The van der Waals surface area contributed by atoms with Crippen molar-refractivity contribution in [1.82, 2.24) is 0 Å². The summed E-state index contributed by atoms with van der Waals surface area (Å²) in [5, 5.41) is 20.3. The molecule has 0 saturated carbocycles. The van der Waals surface area contributed by atoms with Crippen LogP contribution in [0.2, 0.25) is 18.1 Å². The lowest BCUT2D eigenvalue weighted by atomic mass is 10.1. The zero-order valence-corrected chi connectivity index (χ0v) is 20.7. The Bertz CT molecular complexity index is 607. The third kappa shape index (κ3) is 10.7. The van der Waals surface area contributed by atoms with Crippen molar-refractivity contribution in [2.75, 3.05) is 20.3 Å². The number of unbranched alkanes of at least 4 members (excludes halogenated alkanes) is 1. The molecule has 1 rings (SSSR count). The molecule has 30 heavy (non-hydrogen) atoms. The van der Waals surface area contributed by atoms with E-state index in [0.29, 0.717) is 32.7 Å². The van der Waals surface area contributed by atoms with Gasteiger partial charge in [0.05, 0.1) is 32.5 Å². The molecule has 0 saturated heterocycles. The second-order valence-electron chi connectivity index (χ2n) is 9.35. The van der Waals surface area contributed by atoms with Crippen LogP contribution in [0.5, 0.6) is 5.75 Å². The van der Waals surface area contributed by atoms with Gasteiger partial charge in [0, 0.05) is 6.61 Å². The molecule has 0 aromatic heterocycles. The SMILES string of the molecule is COc1ccc(COCCCC[C@@H](O)/C=C/C[C@H](O)CO[Si](C)(C)C(C)(C)C)cc1. The van der Waals surface area contributed by atoms with Gasteiger partial charge < -0.3 is 24.1 Å². The molecule has 0 radical (unpaired) electrons. The molecule has 0 heterocycles. The maximum Gasteiger partial charge on any atom is 0.192 e. The number of aliphatic hydroxyl groups excluding tert-OH is 2. The van der Waals surface area contributed by atoms with E-state index in [9.17, 15) is 10.2 Å². The largest absolute Gasteiger partial charge is 0.497 e. The molecule has 6 heteroatoms. The van der Waals surface area contributed by atoms with Crippen LogP contribution in [-0.2, 0) is 15.8 Å². The fourth-order valence-electron chi connectivity index (χ4n) is 2.55. The van der Waals surface area contributed by atoms with Gasteiger partial charge in [-0.25, -0.2) is 0 Å². The minimum absolute atomic E-state index is 0.136. The number of aliphatic hydroxyl groups is 2. The highest BCUT2D eigenvalue weighted by atomic mass is 28.4. The van der Waals surface area contributed by atoms with E-state index >= 15 is 0 Å². The van der Waals surface area contributed by atoms with Crippen molar-refractivity contribution >= 4 is 8.32 Å². The van der Waals surface area contributed by atoms with Gasteiger partial charge in [-0.15, -0.1) is 0 Å². The molecule has 0 bridgehead atoms. The number of hydrogen-bond acceptors (Lipinski definition) is 5. The zero-order chi connectivity index (χ0) is 22.6. The molecule has 2 N–H and O–H groups in total. The average Bonchev–Trinajstić information content (AvgIpc) is 2.68. The number of benzene rings is 1. The maximum absolute atomic E-state index is 10.1. The number of methoxy groups -OCH3 is 1. The van der Waals surface area contributed by atoms with Gasteiger partial charge in [-0.05, 0) is 61.5 Å². The van der Waals surface area contributed by atoms with Crippen LogP contribution in [0.15, 0.2) is 36.4 Å². The van der Waals surface area contributed by atoms with E-state index in [2.05, 4.69) is 33.9 Å². The molecule has 1 aromatic rings. The fraction of sp³-hybridized carbons (Fsp3) is 0.667. The van der Waals surface area contributed by atoms with Crippen molar-refractivity contribution < 1.29 is 24.1 Å². The van der Waals surface area contributed by atoms with Crippen LogP contribution in [-0.4, -0.2) is 51.1 Å². The lowest BCUT2D eigenvalue weighted by Crippen LogP contribution is -2.42. The highest BCUT2D eigenvalue weighted by Gasteiger charge is 2.37. The topological polar surface area (TPSA) is 68.2 Å². The molecular weight excluding hydrogens is 396 g/mol. The highest BCUT2D eigenvalue weighted by Crippen LogP contribution is 2.36. The Hall–Kier alpha value is -1.18. The number of hydrogen-bond donors (Lipinski definition) is 2. The summed E-state index contributed by atoms with van der Waals surface area (Å²) in [6.07, 6.45) is 5.59. The van der Waals surface area contributed by atoms with E-state index in [-0.39, 0.29) is 5.04 Å². The van der Waals surface area contributed by atoms with E-state index in [1.54, 1.807) is 13.2 Å². The predicted molar refractivity (Wildman–Crippen MR) is 125 cm³/mol. The van der Waals surface area contributed by atoms with Crippen LogP contribution in [0, 0.1) is 0 Å². The van der Waals surface area contributed by atoms with Crippen molar-refractivity contribution in [1.29, 1.82) is 0 Å². The van der Waals surface area contributed by atoms with Gasteiger partial charge in [0.15, 0.2) is 8.32 Å². The van der Waals surface area contributed by atoms with Gasteiger partial charge in [0.2, 0.25) is 0 Å². The van der Waals surface area contributed by atoms with Crippen molar-refractivity contribution in [3.8, 4) is 5.75 Å². The van der Waals surface area contributed by atoms with Gasteiger partial charge in [0.1, 0.15) is 5.75 Å². The van der Waals surface area contributed by atoms with Crippen LogP contribution in [0.25, 0.3) is 0 Å². The Kier molecular flexibility index (Phi) is 11.9. The van der Waals surface area contributed by atoms with E-state index < -0.39 is 20.5 Å². The molecule has 0 unspecified atom stereocenters. The summed E-state index contributed by atoms with van der Waals surface area (Å²) in [6, 6.07) is 7.86. The Morgan fingerprint density at radius 2 is 1.73 bits per heavy atom. The van der Waals surface area contributed by atoms with Crippen LogP contribution in [0.1, 0.15) is 52.0 Å². The van der Waals surface area contributed by atoms with Gasteiger partial charge >= 0.3 is 0 Å². The molecular formula is C24H42O5Si. The standard InChI is InChI=1S/C24H42O5Si/c1-24(2,3)30(5,6)29-19-22(26)12-9-11-21(25)10-7-8-17-28-18-20-13-15-23(27-4)16-14-20/h9,11,13-16,21-22,25-26H,7-8,10,12,17-19H2,1-6H3/b11-9+/t21-,22+/m1/s1. The Morgan fingerprint density at radius 3 is 2.33 bits per heavy atom. The monoisotopic (exact) mass is 438 g/mol. The van der Waals surface area contributed by atoms with E-state index in [4.69, 9.17) is 13.9 Å². The molecule has 172 valence electrons. The van der Waals surface area contributed by atoms with Crippen molar-refractivity contribution in [3.05, 3.63) is 42.0 Å². The minimum atomic E-state index is -1.83. The number of rotatable bonds is 14. The van der Waals surface area contributed by atoms with Crippen molar-refractivity contribution in [2.45, 2.75) is 83.4 Å². The molecule has 0 aliphatic carbocycles. The Labute approximate surface area is 184 Å². The number of ether oxygens (including phenoxy) is 2. The third-order valence-electron chi connectivity index (χ3n) is 5.68. The lowest BCUT2D eigenvalue weighted by molar-refractivity contribution is 0.102. The van der Waals surface area contributed by atoms with Gasteiger partial charge in [-0.2, -0.15) is 0 Å². The summed E-state index contributed by atoms with van der Waals surface area (Å²) in [5.74, 6) is 0.844. The van der Waals surface area contributed by atoms with E-state index in [1.807, 2.05) is 30.3 Å². The summed E-state index contributed by atoms with van der Waals surface area (Å²) in [7, 11) is -0.180. The highest BCUT2D eigenvalue weighted by molar-refractivity contribution is 6.74. The fourth-order valence-corrected chi connectivity index (χ4v) is 3.59. The molecule has 2 atom stereocenters. The second-order valence-corrected chi connectivity index (χ2v) is 14.2. The van der Waals surface area contributed by atoms with Gasteiger partial charge in [0.25, 0.3) is 0 Å². The normalized spacial score (nSPS) is 14.8. The zero-order valence-electron chi connectivity index (χ0n) is 19.7. The van der Waals surface area contributed by atoms with Crippen LogP contribution in [0.4, 0.5) is 0 Å². The Morgan fingerprint density at radius 1 is 1.07 bits per heavy atom. The first-order chi connectivity index (χ1) is 14.0. The first kappa shape index (κ1) is 26.9. The summed E-state index contributed by atoms with van der Waals surface area (Å²) in [5.41, 5.74) is 1.12. The molecule has 0 fully saturated rings. The lowest BCUT2D eigenvalue weighted by Gasteiger charge is -2.36. The van der Waals surface area contributed by atoms with Crippen LogP contribution >= 0.6 is 0 Å². The van der Waals surface area contributed by atoms with Gasteiger partial charge in [-0.1, -0.05) is 45.1 Å². The Balaban J connectivity index is 2.11. The predicted octanol–water partition coefficient (Wildman–Crippen LogP) is 5.07. The van der Waals surface area contributed by atoms with Gasteiger partial charge in [-0.3, -0.25) is 0 Å².